The minimum absolute atomic E-state index is 0.217. The Balaban J connectivity index is 2.69. The minimum atomic E-state index is -0.513. The maximum absolute atomic E-state index is 11.1. The molecule has 0 aliphatic heterocycles. The number of carbonyl (C=O) groups excluding carboxylic acids is 1. The molecule has 0 spiro atoms. The zero-order chi connectivity index (χ0) is 9.84. The maximum atomic E-state index is 11.1. The quantitative estimate of drug-likeness (QED) is 0.580. The average molecular weight is 179 g/mol. The fourth-order valence-electron chi connectivity index (χ4n) is 0.873. The molecule has 1 unspecified atom stereocenters. The normalized spacial score (nSPS) is 12.2. The molecule has 1 rings (SSSR count). The van der Waals surface area contributed by atoms with Crippen LogP contribution in [0, 0.1) is 0 Å². The predicted molar refractivity (Wildman–Crippen MR) is 53.1 cm³/mol. The van der Waals surface area contributed by atoms with E-state index in [9.17, 15) is 4.79 Å². The second-order valence-corrected chi connectivity index (χ2v) is 2.90. The first-order valence-corrected chi connectivity index (χ1v) is 4.01. The average Bonchev–Trinajstić information content (AvgIpc) is 2.04. The molecule has 70 valence electrons. The smallest absolute Gasteiger partial charge is 0.240 e. The van der Waals surface area contributed by atoms with E-state index in [1.807, 2.05) is 0 Å². The van der Waals surface area contributed by atoms with Crippen molar-refractivity contribution >= 4 is 17.3 Å². The van der Waals surface area contributed by atoms with Crippen LogP contribution in [0.3, 0.4) is 0 Å². The summed E-state index contributed by atoms with van der Waals surface area (Å²) in [6.07, 6.45) is 0. The molecule has 0 saturated heterocycles. The number of nitrogens with one attached hydrogen (secondary N) is 1. The van der Waals surface area contributed by atoms with Crippen LogP contribution in [0.1, 0.15) is 6.92 Å². The Bertz CT molecular complexity index is 309. The summed E-state index contributed by atoms with van der Waals surface area (Å²) in [4.78, 5) is 11.1. The highest BCUT2D eigenvalue weighted by atomic mass is 16.2. The van der Waals surface area contributed by atoms with E-state index in [0.717, 1.165) is 0 Å². The minimum Gasteiger partial charge on any atom is -0.399 e. The third-order valence-corrected chi connectivity index (χ3v) is 1.57. The van der Waals surface area contributed by atoms with Crippen molar-refractivity contribution in [2.24, 2.45) is 5.73 Å². The SMILES string of the molecule is CC(N)C(=O)Nc1cccc(N)c1. The Morgan fingerprint density at radius 2 is 2.23 bits per heavy atom. The number of anilines is 2. The summed E-state index contributed by atoms with van der Waals surface area (Å²) in [7, 11) is 0. The molecule has 0 aromatic heterocycles. The molecule has 1 amide bonds. The second-order valence-electron chi connectivity index (χ2n) is 2.90. The summed E-state index contributed by atoms with van der Waals surface area (Å²) in [5.41, 5.74) is 12.2. The summed E-state index contributed by atoms with van der Waals surface area (Å²) in [5.74, 6) is -0.217. The standard InChI is InChI=1S/C9H13N3O/c1-6(10)9(13)12-8-4-2-3-7(11)5-8/h2-6H,10-11H2,1H3,(H,12,13). The Hall–Kier alpha value is -1.55. The molecule has 5 N–H and O–H groups in total. The lowest BCUT2D eigenvalue weighted by molar-refractivity contribution is -0.117. The molecular formula is C9H13N3O. The molecule has 1 aromatic carbocycles. The zero-order valence-corrected chi connectivity index (χ0v) is 7.45. The number of benzene rings is 1. The Morgan fingerprint density at radius 1 is 1.54 bits per heavy atom. The van der Waals surface area contributed by atoms with Crippen molar-refractivity contribution < 1.29 is 4.79 Å². The number of hydrogen-bond acceptors (Lipinski definition) is 3. The van der Waals surface area contributed by atoms with Gasteiger partial charge in [-0.3, -0.25) is 4.79 Å². The van der Waals surface area contributed by atoms with Crippen LogP contribution in [0.2, 0.25) is 0 Å². The van der Waals surface area contributed by atoms with Gasteiger partial charge in [-0.05, 0) is 25.1 Å². The van der Waals surface area contributed by atoms with Crippen molar-refractivity contribution in [2.75, 3.05) is 11.1 Å². The molecule has 0 fully saturated rings. The van der Waals surface area contributed by atoms with Gasteiger partial charge >= 0.3 is 0 Å². The van der Waals surface area contributed by atoms with Gasteiger partial charge in [-0.2, -0.15) is 0 Å². The van der Waals surface area contributed by atoms with Crippen LogP contribution < -0.4 is 16.8 Å². The second kappa shape index (κ2) is 3.91. The highest BCUT2D eigenvalue weighted by Crippen LogP contribution is 2.11. The lowest BCUT2D eigenvalue weighted by Crippen LogP contribution is -2.32. The lowest BCUT2D eigenvalue weighted by atomic mass is 10.2. The van der Waals surface area contributed by atoms with E-state index in [-0.39, 0.29) is 5.91 Å². The van der Waals surface area contributed by atoms with Crippen LogP contribution >= 0.6 is 0 Å². The van der Waals surface area contributed by atoms with Crippen LogP contribution in [-0.4, -0.2) is 11.9 Å². The van der Waals surface area contributed by atoms with E-state index < -0.39 is 6.04 Å². The van der Waals surface area contributed by atoms with Gasteiger partial charge in [0.25, 0.3) is 0 Å². The molecule has 0 bridgehead atoms. The monoisotopic (exact) mass is 179 g/mol. The molecule has 0 aliphatic rings. The predicted octanol–water partition coefficient (Wildman–Crippen LogP) is 0.554. The van der Waals surface area contributed by atoms with Crippen molar-refractivity contribution in [2.45, 2.75) is 13.0 Å². The van der Waals surface area contributed by atoms with E-state index in [4.69, 9.17) is 11.5 Å². The molecule has 0 aliphatic carbocycles. The first-order valence-electron chi connectivity index (χ1n) is 4.01. The van der Waals surface area contributed by atoms with Crippen LogP contribution in [0.5, 0.6) is 0 Å². The van der Waals surface area contributed by atoms with E-state index in [0.29, 0.717) is 11.4 Å². The van der Waals surface area contributed by atoms with Gasteiger partial charge in [0.05, 0.1) is 6.04 Å². The summed E-state index contributed by atoms with van der Waals surface area (Å²) >= 11 is 0. The molecule has 0 saturated carbocycles. The largest absolute Gasteiger partial charge is 0.399 e. The topological polar surface area (TPSA) is 81.1 Å². The third-order valence-electron chi connectivity index (χ3n) is 1.57. The molecule has 4 nitrogen and oxygen atoms in total. The van der Waals surface area contributed by atoms with E-state index in [2.05, 4.69) is 5.32 Å². The van der Waals surface area contributed by atoms with Gasteiger partial charge in [-0.15, -0.1) is 0 Å². The van der Waals surface area contributed by atoms with Gasteiger partial charge in [0, 0.05) is 11.4 Å². The van der Waals surface area contributed by atoms with Crippen molar-refractivity contribution in [1.29, 1.82) is 0 Å². The van der Waals surface area contributed by atoms with E-state index >= 15 is 0 Å². The Morgan fingerprint density at radius 3 is 2.77 bits per heavy atom. The van der Waals surface area contributed by atoms with Crippen molar-refractivity contribution in [3.05, 3.63) is 24.3 Å². The first kappa shape index (κ1) is 9.54. The lowest BCUT2D eigenvalue weighted by Gasteiger charge is -2.07. The molecule has 13 heavy (non-hydrogen) atoms. The van der Waals surface area contributed by atoms with Gasteiger partial charge in [0.1, 0.15) is 0 Å². The Labute approximate surface area is 76.9 Å². The third kappa shape index (κ3) is 2.76. The Kier molecular flexibility index (Phi) is 2.87. The highest BCUT2D eigenvalue weighted by molar-refractivity contribution is 5.94. The summed E-state index contributed by atoms with van der Waals surface area (Å²) in [5, 5.41) is 2.64. The van der Waals surface area contributed by atoms with E-state index in [1.165, 1.54) is 0 Å². The number of rotatable bonds is 2. The molecule has 1 aromatic rings. The highest BCUT2D eigenvalue weighted by Gasteiger charge is 2.06. The zero-order valence-electron chi connectivity index (χ0n) is 7.45. The molecule has 0 heterocycles. The number of carbonyl (C=O) groups is 1. The molecule has 0 radical (unpaired) electrons. The van der Waals surface area contributed by atoms with Gasteiger partial charge in [0.2, 0.25) is 5.91 Å². The van der Waals surface area contributed by atoms with Crippen LogP contribution in [-0.2, 0) is 4.79 Å². The summed E-state index contributed by atoms with van der Waals surface area (Å²) < 4.78 is 0. The first-order chi connectivity index (χ1) is 6.09. The fourth-order valence-corrected chi connectivity index (χ4v) is 0.873. The van der Waals surface area contributed by atoms with Gasteiger partial charge in [-0.25, -0.2) is 0 Å². The summed E-state index contributed by atoms with van der Waals surface area (Å²) in [6, 6.07) is 6.45. The number of amides is 1. The van der Waals surface area contributed by atoms with Crippen molar-refractivity contribution in [3.63, 3.8) is 0 Å². The molecule has 4 heteroatoms. The van der Waals surface area contributed by atoms with E-state index in [1.54, 1.807) is 31.2 Å². The molecule has 1 atom stereocenters. The van der Waals surface area contributed by atoms with Gasteiger partial charge in [0.15, 0.2) is 0 Å². The van der Waals surface area contributed by atoms with Gasteiger partial charge in [-0.1, -0.05) is 6.07 Å². The van der Waals surface area contributed by atoms with Crippen LogP contribution in [0.15, 0.2) is 24.3 Å². The van der Waals surface area contributed by atoms with Crippen molar-refractivity contribution in [1.82, 2.24) is 0 Å². The number of hydrogen-bond donors (Lipinski definition) is 3. The molecular weight excluding hydrogens is 166 g/mol. The van der Waals surface area contributed by atoms with Crippen LogP contribution in [0.25, 0.3) is 0 Å². The van der Waals surface area contributed by atoms with Crippen molar-refractivity contribution in [3.8, 4) is 0 Å². The number of nitrogens with two attached hydrogens (primary N) is 2. The van der Waals surface area contributed by atoms with Gasteiger partial charge < -0.3 is 16.8 Å². The number of nitrogen functional groups attached to an aromatic ring is 1. The fraction of sp³-hybridized carbons (Fsp3) is 0.222. The van der Waals surface area contributed by atoms with Crippen LogP contribution in [0.4, 0.5) is 11.4 Å². The summed E-state index contributed by atoms with van der Waals surface area (Å²) in [6.45, 7) is 1.63. The maximum Gasteiger partial charge on any atom is 0.240 e.